The van der Waals surface area contributed by atoms with E-state index in [1.165, 1.54) is 24.4 Å². The second-order valence-corrected chi connectivity index (χ2v) is 4.94. The van der Waals surface area contributed by atoms with Crippen LogP contribution >= 0.6 is 0 Å². The normalized spacial score (nSPS) is 13.6. The SMILES string of the molecule is CCOc1ccc(C(=O)O)cc1/C=N\NC(=O)C(=O)NC1CC1. The van der Waals surface area contributed by atoms with E-state index in [-0.39, 0.29) is 11.6 Å². The number of ether oxygens (including phenoxy) is 1. The molecule has 1 aromatic rings. The number of aromatic carboxylic acids is 1. The highest BCUT2D eigenvalue weighted by Gasteiger charge is 2.26. The Morgan fingerprint density at radius 3 is 2.70 bits per heavy atom. The molecule has 2 rings (SSSR count). The summed E-state index contributed by atoms with van der Waals surface area (Å²) in [6.45, 7) is 2.18. The molecule has 1 aliphatic carbocycles. The van der Waals surface area contributed by atoms with Crippen LogP contribution in [0.3, 0.4) is 0 Å². The van der Waals surface area contributed by atoms with Crippen molar-refractivity contribution < 1.29 is 24.2 Å². The predicted molar refractivity (Wildman–Crippen MR) is 81.5 cm³/mol. The van der Waals surface area contributed by atoms with Crippen molar-refractivity contribution in [2.75, 3.05) is 6.61 Å². The van der Waals surface area contributed by atoms with Crippen molar-refractivity contribution in [3.8, 4) is 5.75 Å². The zero-order valence-electron chi connectivity index (χ0n) is 12.5. The standard InChI is InChI=1S/C15H17N3O5/c1-2-23-12-6-3-9(15(21)22)7-10(12)8-16-18-14(20)13(19)17-11-4-5-11/h3,6-8,11H,2,4-5H2,1H3,(H,17,19)(H,18,20)(H,21,22)/b16-8-. The van der Waals surface area contributed by atoms with Crippen molar-refractivity contribution in [2.24, 2.45) is 5.10 Å². The first-order valence-corrected chi connectivity index (χ1v) is 7.15. The van der Waals surface area contributed by atoms with E-state index in [1.54, 1.807) is 6.92 Å². The molecule has 8 nitrogen and oxygen atoms in total. The maximum absolute atomic E-state index is 11.5. The van der Waals surface area contributed by atoms with Crippen LogP contribution in [0.15, 0.2) is 23.3 Å². The maximum atomic E-state index is 11.5. The fourth-order valence-corrected chi connectivity index (χ4v) is 1.76. The Bertz CT molecular complexity index is 653. The van der Waals surface area contributed by atoms with E-state index in [0.29, 0.717) is 17.9 Å². The first-order valence-electron chi connectivity index (χ1n) is 7.15. The molecule has 0 atom stereocenters. The zero-order chi connectivity index (χ0) is 16.8. The number of hydrogen-bond donors (Lipinski definition) is 3. The number of nitrogens with one attached hydrogen (secondary N) is 2. The first-order chi connectivity index (χ1) is 11.0. The van der Waals surface area contributed by atoms with Gasteiger partial charge in [0.2, 0.25) is 0 Å². The molecule has 0 heterocycles. The van der Waals surface area contributed by atoms with E-state index in [2.05, 4.69) is 15.8 Å². The Morgan fingerprint density at radius 1 is 1.35 bits per heavy atom. The lowest BCUT2D eigenvalue weighted by molar-refractivity contribution is -0.139. The van der Waals surface area contributed by atoms with Gasteiger partial charge >= 0.3 is 17.8 Å². The molecule has 0 aromatic heterocycles. The molecule has 1 fully saturated rings. The van der Waals surface area contributed by atoms with Gasteiger partial charge in [-0.3, -0.25) is 9.59 Å². The number of nitrogens with zero attached hydrogens (tertiary/aromatic N) is 1. The van der Waals surface area contributed by atoms with Crippen LogP contribution in [0.5, 0.6) is 5.75 Å². The number of benzene rings is 1. The van der Waals surface area contributed by atoms with Gasteiger partial charge in [0, 0.05) is 11.6 Å². The van der Waals surface area contributed by atoms with Crippen molar-refractivity contribution >= 4 is 24.0 Å². The topological polar surface area (TPSA) is 117 Å². The van der Waals surface area contributed by atoms with Crippen molar-refractivity contribution in [3.63, 3.8) is 0 Å². The van der Waals surface area contributed by atoms with Crippen LogP contribution in [-0.2, 0) is 9.59 Å². The van der Waals surface area contributed by atoms with Gasteiger partial charge in [-0.1, -0.05) is 0 Å². The minimum atomic E-state index is -1.09. The van der Waals surface area contributed by atoms with Crippen molar-refractivity contribution in [1.29, 1.82) is 0 Å². The van der Waals surface area contributed by atoms with Gasteiger partial charge in [-0.05, 0) is 38.0 Å². The van der Waals surface area contributed by atoms with Gasteiger partial charge in [0.25, 0.3) is 0 Å². The highest BCUT2D eigenvalue weighted by atomic mass is 16.5. The van der Waals surface area contributed by atoms with Crippen LogP contribution < -0.4 is 15.5 Å². The first kappa shape index (κ1) is 16.5. The van der Waals surface area contributed by atoms with Gasteiger partial charge < -0.3 is 15.2 Å². The lowest BCUT2D eigenvalue weighted by Crippen LogP contribution is -2.38. The Hall–Kier alpha value is -2.90. The van der Waals surface area contributed by atoms with E-state index in [1.807, 2.05) is 0 Å². The minimum absolute atomic E-state index is 0.0627. The lowest BCUT2D eigenvalue weighted by Gasteiger charge is -2.07. The number of carboxylic acids is 1. The molecule has 8 heteroatoms. The van der Waals surface area contributed by atoms with Gasteiger partial charge in [-0.25, -0.2) is 10.2 Å². The summed E-state index contributed by atoms with van der Waals surface area (Å²) >= 11 is 0. The van der Waals surface area contributed by atoms with Gasteiger partial charge in [0.1, 0.15) is 5.75 Å². The molecule has 0 saturated heterocycles. The predicted octanol–water partition coefficient (Wildman–Crippen LogP) is 0.512. The third-order valence-electron chi connectivity index (χ3n) is 3.05. The van der Waals surface area contributed by atoms with Gasteiger partial charge in [0.15, 0.2) is 0 Å². The molecule has 122 valence electrons. The molecular weight excluding hydrogens is 302 g/mol. The summed E-state index contributed by atoms with van der Waals surface area (Å²) in [5.41, 5.74) is 2.54. The molecule has 2 amide bonds. The third-order valence-corrected chi connectivity index (χ3v) is 3.05. The highest BCUT2D eigenvalue weighted by Crippen LogP contribution is 2.19. The summed E-state index contributed by atoms with van der Waals surface area (Å²) in [6.07, 6.45) is 2.99. The van der Waals surface area contributed by atoms with Crippen LogP contribution in [0.4, 0.5) is 0 Å². The second-order valence-electron chi connectivity index (χ2n) is 4.94. The van der Waals surface area contributed by atoms with E-state index in [4.69, 9.17) is 9.84 Å². The average Bonchev–Trinajstić information content (AvgIpc) is 3.32. The molecule has 0 aliphatic heterocycles. The van der Waals surface area contributed by atoms with E-state index >= 15 is 0 Å². The van der Waals surface area contributed by atoms with Crippen molar-refractivity contribution in [2.45, 2.75) is 25.8 Å². The monoisotopic (exact) mass is 319 g/mol. The third kappa shape index (κ3) is 4.80. The summed E-state index contributed by atoms with van der Waals surface area (Å²) in [5.74, 6) is -2.28. The second kappa shape index (κ2) is 7.39. The molecule has 23 heavy (non-hydrogen) atoms. The average molecular weight is 319 g/mol. The zero-order valence-corrected chi connectivity index (χ0v) is 12.5. The van der Waals surface area contributed by atoms with Gasteiger partial charge in [0.05, 0.1) is 18.4 Å². The van der Waals surface area contributed by atoms with Gasteiger partial charge in [-0.15, -0.1) is 0 Å². The smallest absolute Gasteiger partial charge is 0.335 e. The van der Waals surface area contributed by atoms with E-state index < -0.39 is 17.8 Å². The van der Waals surface area contributed by atoms with Crippen LogP contribution in [0.2, 0.25) is 0 Å². The van der Waals surface area contributed by atoms with Gasteiger partial charge in [-0.2, -0.15) is 5.10 Å². The lowest BCUT2D eigenvalue weighted by atomic mass is 10.1. The molecule has 1 aliphatic rings. The fourth-order valence-electron chi connectivity index (χ4n) is 1.76. The number of hydrogen-bond acceptors (Lipinski definition) is 5. The van der Waals surface area contributed by atoms with Crippen LogP contribution in [0.25, 0.3) is 0 Å². The quantitative estimate of drug-likeness (QED) is 0.401. The molecule has 0 unspecified atom stereocenters. The molecule has 1 saturated carbocycles. The summed E-state index contributed by atoms with van der Waals surface area (Å²) < 4.78 is 5.36. The Balaban J connectivity index is 2.04. The number of carbonyl (C=O) groups is 3. The largest absolute Gasteiger partial charge is 0.493 e. The Kier molecular flexibility index (Phi) is 5.29. The number of amides is 2. The number of hydrazone groups is 1. The summed E-state index contributed by atoms with van der Waals surface area (Å²) in [5, 5.41) is 15.2. The molecule has 1 aromatic carbocycles. The van der Waals surface area contributed by atoms with E-state index in [0.717, 1.165) is 12.8 Å². The highest BCUT2D eigenvalue weighted by molar-refractivity contribution is 6.35. The number of rotatable bonds is 6. The van der Waals surface area contributed by atoms with Crippen molar-refractivity contribution in [3.05, 3.63) is 29.3 Å². The molecular formula is C15H17N3O5. The Morgan fingerprint density at radius 2 is 2.09 bits per heavy atom. The van der Waals surface area contributed by atoms with Crippen molar-refractivity contribution in [1.82, 2.24) is 10.7 Å². The molecule has 0 spiro atoms. The van der Waals surface area contributed by atoms with Crippen LogP contribution in [0.1, 0.15) is 35.7 Å². The van der Waals surface area contributed by atoms with Crippen LogP contribution in [0, 0.1) is 0 Å². The minimum Gasteiger partial charge on any atom is -0.493 e. The summed E-state index contributed by atoms with van der Waals surface area (Å²) in [6, 6.07) is 4.37. The molecule has 0 radical (unpaired) electrons. The number of carbonyl (C=O) groups excluding carboxylic acids is 2. The summed E-state index contributed by atoms with van der Waals surface area (Å²) in [4.78, 5) is 34.0. The molecule has 0 bridgehead atoms. The fraction of sp³-hybridized carbons (Fsp3) is 0.333. The maximum Gasteiger partial charge on any atom is 0.335 e. The van der Waals surface area contributed by atoms with E-state index in [9.17, 15) is 14.4 Å². The summed E-state index contributed by atoms with van der Waals surface area (Å²) in [7, 11) is 0. The van der Waals surface area contributed by atoms with Crippen LogP contribution in [-0.4, -0.2) is 41.8 Å². The molecule has 3 N–H and O–H groups in total. The Labute approximate surface area is 132 Å². The number of carboxylic acid groups (broad SMARTS) is 1.